The summed E-state index contributed by atoms with van der Waals surface area (Å²) in [5, 5.41) is 0. The minimum atomic E-state index is 0.566. The fourth-order valence-electron chi connectivity index (χ4n) is 3.55. The Hall–Kier alpha value is -0.120. The lowest BCUT2D eigenvalue weighted by Crippen LogP contribution is -2.57. The van der Waals surface area contributed by atoms with Crippen molar-refractivity contribution >= 4 is 0 Å². The van der Waals surface area contributed by atoms with Crippen molar-refractivity contribution < 1.29 is 4.74 Å². The molecule has 0 N–H and O–H groups in total. The largest absolute Gasteiger partial charge is 0.378 e. The van der Waals surface area contributed by atoms with Crippen LogP contribution in [0.25, 0.3) is 0 Å². The van der Waals surface area contributed by atoms with Gasteiger partial charge in [0, 0.05) is 38.3 Å². The van der Waals surface area contributed by atoms with Gasteiger partial charge in [-0.05, 0) is 39.2 Å². The van der Waals surface area contributed by atoms with Gasteiger partial charge in [0.25, 0.3) is 0 Å². The molecule has 0 amide bonds. The van der Waals surface area contributed by atoms with E-state index in [2.05, 4.69) is 16.7 Å². The smallest absolute Gasteiger partial charge is 0.0604 e. The maximum absolute atomic E-state index is 5.65. The Morgan fingerprint density at radius 1 is 1.06 bits per heavy atom. The predicted octanol–water partition coefficient (Wildman–Crippen LogP) is 1.33. The van der Waals surface area contributed by atoms with Gasteiger partial charge in [-0.1, -0.05) is 0 Å². The maximum atomic E-state index is 5.65. The van der Waals surface area contributed by atoms with E-state index in [1.807, 2.05) is 0 Å². The molecule has 3 rings (SSSR count). The van der Waals surface area contributed by atoms with Crippen LogP contribution in [-0.2, 0) is 4.74 Å². The maximum Gasteiger partial charge on any atom is 0.0604 e. The fraction of sp³-hybridized carbons (Fsp3) is 1.00. The highest BCUT2D eigenvalue weighted by Crippen LogP contribution is 2.31. The van der Waals surface area contributed by atoms with E-state index in [9.17, 15) is 0 Å². The first-order chi connectivity index (χ1) is 7.86. The molecule has 0 spiro atoms. The van der Waals surface area contributed by atoms with Crippen molar-refractivity contribution in [3.05, 3.63) is 0 Å². The number of rotatable bonds is 3. The summed E-state index contributed by atoms with van der Waals surface area (Å²) in [6, 6.07) is 1.71. The second-order valence-electron chi connectivity index (χ2n) is 5.53. The highest BCUT2D eigenvalue weighted by Gasteiger charge is 2.38. The van der Waals surface area contributed by atoms with Crippen LogP contribution in [0, 0.1) is 0 Å². The van der Waals surface area contributed by atoms with Gasteiger partial charge in [0.2, 0.25) is 0 Å². The van der Waals surface area contributed by atoms with Gasteiger partial charge in [-0.2, -0.15) is 0 Å². The molecule has 2 saturated heterocycles. The molecule has 0 bridgehead atoms. The van der Waals surface area contributed by atoms with Gasteiger partial charge in [0.15, 0.2) is 0 Å². The summed E-state index contributed by atoms with van der Waals surface area (Å²) in [7, 11) is 0. The molecule has 3 nitrogen and oxygen atoms in total. The predicted molar refractivity (Wildman–Crippen MR) is 64.6 cm³/mol. The average Bonchev–Trinajstić information content (AvgIpc) is 2.69. The van der Waals surface area contributed by atoms with Crippen LogP contribution in [0.1, 0.15) is 32.6 Å². The van der Waals surface area contributed by atoms with E-state index in [1.54, 1.807) is 0 Å². The molecule has 0 aromatic heterocycles. The standard InChI is InChI=1S/C13H24N2O/c1-2-16-13-8-12(9-13)15-7-6-14-5-3-4-11(14)10-15/h11-13H,2-10H2,1H3. The van der Waals surface area contributed by atoms with Crippen LogP contribution in [-0.4, -0.2) is 60.8 Å². The van der Waals surface area contributed by atoms with Gasteiger partial charge in [0.1, 0.15) is 0 Å². The first-order valence-corrected chi connectivity index (χ1v) is 6.96. The third kappa shape index (κ3) is 2.01. The van der Waals surface area contributed by atoms with E-state index >= 15 is 0 Å². The molecule has 1 saturated carbocycles. The molecule has 3 heteroatoms. The van der Waals surface area contributed by atoms with Gasteiger partial charge in [0.05, 0.1) is 6.10 Å². The molecule has 0 aromatic rings. The summed E-state index contributed by atoms with van der Waals surface area (Å²) in [6.45, 7) is 8.26. The molecule has 1 atom stereocenters. The molecule has 3 aliphatic rings. The molecule has 1 aliphatic carbocycles. The molecule has 2 aliphatic heterocycles. The van der Waals surface area contributed by atoms with Crippen LogP contribution in [0.3, 0.4) is 0 Å². The lowest BCUT2D eigenvalue weighted by molar-refractivity contribution is -0.0611. The van der Waals surface area contributed by atoms with E-state index < -0.39 is 0 Å². The molecular formula is C13H24N2O. The van der Waals surface area contributed by atoms with E-state index in [0.29, 0.717) is 6.10 Å². The Labute approximate surface area is 98.7 Å². The monoisotopic (exact) mass is 224 g/mol. The highest BCUT2D eigenvalue weighted by atomic mass is 16.5. The Balaban J connectivity index is 1.47. The quantitative estimate of drug-likeness (QED) is 0.719. The SMILES string of the molecule is CCOC1CC(N2CCN3CCCC3C2)C1. The first-order valence-electron chi connectivity index (χ1n) is 6.96. The van der Waals surface area contributed by atoms with E-state index in [1.165, 1.54) is 51.9 Å². The number of piperazine rings is 1. The van der Waals surface area contributed by atoms with E-state index in [0.717, 1.165) is 18.7 Å². The Bertz CT molecular complexity index is 240. The van der Waals surface area contributed by atoms with Crippen molar-refractivity contribution in [2.24, 2.45) is 0 Å². The molecule has 0 radical (unpaired) electrons. The van der Waals surface area contributed by atoms with Crippen molar-refractivity contribution in [2.45, 2.75) is 50.8 Å². The molecule has 0 aromatic carbocycles. The van der Waals surface area contributed by atoms with Crippen molar-refractivity contribution in [3.63, 3.8) is 0 Å². The van der Waals surface area contributed by atoms with E-state index in [4.69, 9.17) is 4.74 Å². The summed E-state index contributed by atoms with van der Waals surface area (Å²) in [5.41, 5.74) is 0. The zero-order chi connectivity index (χ0) is 11.0. The number of nitrogens with zero attached hydrogens (tertiary/aromatic N) is 2. The highest BCUT2D eigenvalue weighted by molar-refractivity contribution is 4.94. The zero-order valence-corrected chi connectivity index (χ0v) is 10.4. The number of fused-ring (bicyclic) bond motifs is 1. The summed E-state index contributed by atoms with van der Waals surface area (Å²) in [5.74, 6) is 0. The third-order valence-electron chi connectivity index (χ3n) is 4.61. The molecule has 1 unspecified atom stereocenters. The molecule has 16 heavy (non-hydrogen) atoms. The second kappa shape index (κ2) is 4.63. The summed E-state index contributed by atoms with van der Waals surface area (Å²) in [4.78, 5) is 5.41. The van der Waals surface area contributed by atoms with Crippen molar-refractivity contribution in [3.8, 4) is 0 Å². The van der Waals surface area contributed by atoms with Gasteiger partial charge >= 0.3 is 0 Å². The fourth-order valence-corrected chi connectivity index (χ4v) is 3.55. The van der Waals surface area contributed by atoms with Crippen LogP contribution in [0.5, 0.6) is 0 Å². The molecule has 92 valence electrons. The average molecular weight is 224 g/mol. The van der Waals surface area contributed by atoms with E-state index in [-0.39, 0.29) is 0 Å². The Morgan fingerprint density at radius 2 is 1.88 bits per heavy atom. The minimum absolute atomic E-state index is 0.566. The summed E-state index contributed by atoms with van der Waals surface area (Å²) in [6.07, 6.45) is 5.97. The van der Waals surface area contributed by atoms with Crippen molar-refractivity contribution in [1.82, 2.24) is 9.80 Å². The van der Waals surface area contributed by atoms with Crippen LogP contribution in [0.15, 0.2) is 0 Å². The Morgan fingerprint density at radius 3 is 2.69 bits per heavy atom. The zero-order valence-electron chi connectivity index (χ0n) is 10.4. The van der Waals surface area contributed by atoms with Crippen molar-refractivity contribution in [1.29, 1.82) is 0 Å². The molecule has 3 fully saturated rings. The van der Waals surface area contributed by atoms with Crippen LogP contribution in [0.2, 0.25) is 0 Å². The summed E-state index contributed by atoms with van der Waals surface area (Å²) < 4.78 is 5.65. The number of hydrogen-bond acceptors (Lipinski definition) is 3. The number of ether oxygens (including phenoxy) is 1. The Kier molecular flexibility index (Phi) is 3.18. The van der Waals surface area contributed by atoms with Gasteiger partial charge < -0.3 is 4.74 Å². The minimum Gasteiger partial charge on any atom is -0.378 e. The topological polar surface area (TPSA) is 15.7 Å². The third-order valence-corrected chi connectivity index (χ3v) is 4.61. The second-order valence-corrected chi connectivity index (χ2v) is 5.53. The molecule has 2 heterocycles. The lowest BCUT2D eigenvalue weighted by Gasteiger charge is -2.47. The first kappa shape index (κ1) is 11.0. The summed E-state index contributed by atoms with van der Waals surface area (Å²) >= 11 is 0. The van der Waals surface area contributed by atoms with Crippen LogP contribution >= 0.6 is 0 Å². The van der Waals surface area contributed by atoms with Gasteiger partial charge in [-0.3, -0.25) is 9.80 Å². The van der Waals surface area contributed by atoms with Crippen LogP contribution in [0.4, 0.5) is 0 Å². The van der Waals surface area contributed by atoms with Crippen LogP contribution < -0.4 is 0 Å². The normalized spacial score (nSPS) is 40.7. The van der Waals surface area contributed by atoms with Crippen molar-refractivity contribution in [2.75, 3.05) is 32.8 Å². The molecular weight excluding hydrogens is 200 g/mol. The lowest BCUT2D eigenvalue weighted by atomic mass is 9.87. The number of hydrogen-bond donors (Lipinski definition) is 0. The van der Waals surface area contributed by atoms with Gasteiger partial charge in [-0.25, -0.2) is 0 Å². The van der Waals surface area contributed by atoms with Gasteiger partial charge in [-0.15, -0.1) is 0 Å².